The molecule has 0 aliphatic rings. The van der Waals surface area contributed by atoms with Crippen molar-refractivity contribution in [1.82, 2.24) is 0 Å². The fourth-order valence-corrected chi connectivity index (χ4v) is 2.68. The Hall–Kier alpha value is -2.43. The number of benzene rings is 2. The molecule has 0 unspecified atom stereocenters. The van der Waals surface area contributed by atoms with E-state index in [0.29, 0.717) is 11.4 Å². The summed E-state index contributed by atoms with van der Waals surface area (Å²) >= 11 is 5.20. The molecular formula is C17H20N2O6S. The van der Waals surface area contributed by atoms with Gasteiger partial charge >= 0.3 is 0 Å². The third kappa shape index (κ3) is 4.40. The minimum Gasteiger partial charge on any atom is -0.507 e. The van der Waals surface area contributed by atoms with Crippen molar-refractivity contribution in [3.8, 4) is 11.5 Å². The highest BCUT2D eigenvalue weighted by Gasteiger charge is 2.12. The van der Waals surface area contributed by atoms with Gasteiger partial charge in [-0.25, -0.2) is 0 Å². The first-order chi connectivity index (χ1) is 12.4. The summed E-state index contributed by atoms with van der Waals surface area (Å²) in [5.41, 5.74) is 1.82. The Kier molecular flexibility index (Phi) is 6.72. The first-order valence-electron chi connectivity index (χ1n) is 7.64. The predicted octanol–water partition coefficient (Wildman–Crippen LogP) is 0.876. The van der Waals surface area contributed by atoms with Gasteiger partial charge < -0.3 is 41.3 Å². The summed E-state index contributed by atoms with van der Waals surface area (Å²) in [5.74, 6) is -0.365. The molecule has 8 nitrogen and oxygen atoms in total. The van der Waals surface area contributed by atoms with Gasteiger partial charge in [0.1, 0.15) is 11.5 Å². The molecule has 26 heavy (non-hydrogen) atoms. The molecule has 8 N–H and O–H groups in total. The number of aromatic hydroxyl groups is 2. The van der Waals surface area contributed by atoms with Gasteiger partial charge in [0.25, 0.3) is 0 Å². The predicted molar refractivity (Wildman–Crippen MR) is 99.7 cm³/mol. The van der Waals surface area contributed by atoms with Crippen LogP contribution in [0.1, 0.15) is 22.3 Å². The zero-order valence-corrected chi connectivity index (χ0v) is 14.5. The zero-order chi connectivity index (χ0) is 19.3. The molecule has 2 aromatic rings. The molecule has 0 radical (unpaired) electrons. The van der Waals surface area contributed by atoms with Crippen LogP contribution in [0.2, 0.25) is 0 Å². The highest BCUT2D eigenvalue weighted by atomic mass is 32.1. The van der Waals surface area contributed by atoms with Crippen LogP contribution < -0.4 is 10.6 Å². The van der Waals surface area contributed by atoms with Gasteiger partial charge in [0, 0.05) is 33.6 Å². The molecule has 2 aromatic carbocycles. The van der Waals surface area contributed by atoms with E-state index in [-0.39, 0.29) is 38.9 Å². The lowest BCUT2D eigenvalue weighted by molar-refractivity contribution is 0.263. The second-order valence-corrected chi connectivity index (χ2v) is 5.91. The summed E-state index contributed by atoms with van der Waals surface area (Å²) in [5, 5.41) is 62.7. The van der Waals surface area contributed by atoms with Gasteiger partial charge in [-0.3, -0.25) is 0 Å². The van der Waals surface area contributed by atoms with Gasteiger partial charge in [-0.15, -0.1) is 0 Å². The lowest BCUT2D eigenvalue weighted by Crippen LogP contribution is -2.19. The van der Waals surface area contributed by atoms with Crippen molar-refractivity contribution in [1.29, 1.82) is 0 Å². The maximum Gasteiger partial charge on any atom is 0.175 e. The molecule has 0 atom stereocenters. The average Bonchev–Trinajstić information content (AvgIpc) is 2.63. The second kappa shape index (κ2) is 8.79. The van der Waals surface area contributed by atoms with Crippen molar-refractivity contribution in [2.45, 2.75) is 26.4 Å². The molecule has 0 saturated heterocycles. The Labute approximate surface area is 155 Å². The Morgan fingerprint density at radius 3 is 1.15 bits per heavy atom. The van der Waals surface area contributed by atoms with E-state index >= 15 is 0 Å². The van der Waals surface area contributed by atoms with E-state index in [1.807, 2.05) is 0 Å². The Morgan fingerprint density at radius 1 is 0.654 bits per heavy atom. The molecule has 2 rings (SSSR count). The molecular weight excluding hydrogens is 360 g/mol. The van der Waals surface area contributed by atoms with Crippen LogP contribution in [0.15, 0.2) is 24.3 Å². The molecule has 0 amide bonds. The van der Waals surface area contributed by atoms with Crippen LogP contribution in [-0.4, -0.2) is 35.8 Å². The van der Waals surface area contributed by atoms with E-state index in [0.717, 1.165) is 0 Å². The van der Waals surface area contributed by atoms with Crippen molar-refractivity contribution >= 4 is 28.7 Å². The maximum absolute atomic E-state index is 9.86. The van der Waals surface area contributed by atoms with Gasteiger partial charge in [0.15, 0.2) is 5.11 Å². The minimum absolute atomic E-state index is 0.155. The van der Waals surface area contributed by atoms with Crippen LogP contribution in [0.3, 0.4) is 0 Å². The zero-order valence-electron chi connectivity index (χ0n) is 13.7. The SMILES string of the molecule is OCc1cc(NC(=S)Nc2cc(CO)c(O)c(CO)c2)cc(CO)c1O. The van der Waals surface area contributed by atoms with Crippen LogP contribution in [0.5, 0.6) is 11.5 Å². The Bertz CT molecular complexity index is 696. The number of aliphatic hydroxyl groups is 4. The average molecular weight is 380 g/mol. The third-order valence-electron chi connectivity index (χ3n) is 3.73. The smallest absolute Gasteiger partial charge is 0.175 e. The number of hydrogen-bond acceptors (Lipinski definition) is 7. The van der Waals surface area contributed by atoms with E-state index in [9.17, 15) is 30.6 Å². The monoisotopic (exact) mass is 380 g/mol. The van der Waals surface area contributed by atoms with Gasteiger partial charge in [0.05, 0.1) is 26.4 Å². The fraction of sp³-hybridized carbons (Fsp3) is 0.235. The highest BCUT2D eigenvalue weighted by molar-refractivity contribution is 7.80. The summed E-state index contributed by atoms with van der Waals surface area (Å²) in [4.78, 5) is 0. The summed E-state index contributed by atoms with van der Waals surface area (Å²) in [6, 6.07) is 5.93. The van der Waals surface area contributed by atoms with Crippen LogP contribution in [0, 0.1) is 0 Å². The number of nitrogens with one attached hydrogen (secondary N) is 2. The number of thiocarbonyl (C=S) groups is 1. The van der Waals surface area contributed by atoms with Crippen LogP contribution in [0.4, 0.5) is 11.4 Å². The van der Waals surface area contributed by atoms with Gasteiger partial charge in [-0.1, -0.05) is 0 Å². The molecule has 0 aliphatic carbocycles. The maximum atomic E-state index is 9.86. The lowest BCUT2D eigenvalue weighted by atomic mass is 10.1. The first kappa shape index (κ1) is 19.9. The molecule has 9 heteroatoms. The summed E-state index contributed by atoms with van der Waals surface area (Å²) < 4.78 is 0. The van der Waals surface area contributed by atoms with E-state index in [2.05, 4.69) is 10.6 Å². The highest BCUT2D eigenvalue weighted by Crippen LogP contribution is 2.29. The number of phenols is 2. The van der Waals surface area contributed by atoms with Gasteiger partial charge in [-0.2, -0.15) is 0 Å². The van der Waals surface area contributed by atoms with Gasteiger partial charge in [-0.05, 0) is 36.5 Å². The molecule has 0 spiro atoms. The quantitative estimate of drug-likeness (QED) is 0.270. The molecule has 0 saturated carbocycles. The molecule has 0 fully saturated rings. The lowest BCUT2D eigenvalue weighted by Gasteiger charge is -2.16. The van der Waals surface area contributed by atoms with E-state index < -0.39 is 26.4 Å². The standard InChI is InChI=1S/C17H20N2O6S/c20-5-9-1-13(2-10(6-21)15(9)24)18-17(26)19-14-3-11(7-22)16(25)12(4-14)8-23/h1-4,20-25H,5-8H2,(H2,18,19,26). The molecule has 0 aromatic heterocycles. The van der Waals surface area contributed by atoms with Crippen molar-refractivity contribution in [3.63, 3.8) is 0 Å². The summed E-state index contributed by atoms with van der Waals surface area (Å²) in [6.45, 7) is -1.64. The molecule has 0 aliphatic heterocycles. The van der Waals surface area contributed by atoms with Crippen molar-refractivity contribution < 1.29 is 30.6 Å². The number of anilines is 2. The number of rotatable bonds is 6. The van der Waals surface area contributed by atoms with Crippen molar-refractivity contribution in [2.24, 2.45) is 0 Å². The van der Waals surface area contributed by atoms with Crippen molar-refractivity contribution in [2.75, 3.05) is 10.6 Å². The minimum atomic E-state index is -0.410. The molecule has 140 valence electrons. The van der Waals surface area contributed by atoms with E-state index in [1.54, 1.807) is 0 Å². The fourth-order valence-electron chi connectivity index (χ4n) is 2.44. The largest absolute Gasteiger partial charge is 0.507 e. The topological polar surface area (TPSA) is 145 Å². The van der Waals surface area contributed by atoms with Crippen molar-refractivity contribution in [3.05, 3.63) is 46.5 Å². The molecule has 0 heterocycles. The summed E-state index contributed by atoms with van der Waals surface area (Å²) in [7, 11) is 0. The van der Waals surface area contributed by atoms with Crippen LogP contribution in [0.25, 0.3) is 0 Å². The molecule has 0 bridgehead atoms. The normalized spacial score (nSPS) is 10.6. The number of hydrogen-bond donors (Lipinski definition) is 8. The third-order valence-corrected chi connectivity index (χ3v) is 3.94. The van der Waals surface area contributed by atoms with E-state index in [4.69, 9.17) is 12.2 Å². The van der Waals surface area contributed by atoms with Crippen LogP contribution in [-0.2, 0) is 26.4 Å². The van der Waals surface area contributed by atoms with Gasteiger partial charge in [0.2, 0.25) is 0 Å². The number of aliphatic hydroxyl groups excluding tert-OH is 4. The first-order valence-corrected chi connectivity index (χ1v) is 8.05. The Morgan fingerprint density at radius 2 is 0.923 bits per heavy atom. The van der Waals surface area contributed by atoms with Crippen LogP contribution >= 0.6 is 12.2 Å². The summed E-state index contributed by atoms with van der Waals surface area (Å²) in [6.07, 6.45) is 0. The second-order valence-electron chi connectivity index (χ2n) is 5.50. The van der Waals surface area contributed by atoms with E-state index in [1.165, 1.54) is 24.3 Å². The Balaban J connectivity index is 2.22.